The first-order chi connectivity index (χ1) is 17.7. The number of amides is 2. The Kier molecular flexibility index (Phi) is 6.31. The highest BCUT2D eigenvalue weighted by molar-refractivity contribution is 6.50. The number of aliphatic hydroxyl groups excluding tert-OH is 1. The summed E-state index contributed by atoms with van der Waals surface area (Å²) in [5.41, 5.74) is 0.649. The summed E-state index contributed by atoms with van der Waals surface area (Å²) < 4.78 is 5.79. The molecule has 1 saturated heterocycles. The van der Waals surface area contributed by atoms with Crippen molar-refractivity contribution in [2.45, 2.75) is 44.8 Å². The third-order valence-corrected chi connectivity index (χ3v) is 7.41. The molecule has 1 N–H and O–H groups in total. The number of likely N-dealkylation sites (tertiary alicyclic amines) is 1. The number of carbonyl (C=O) groups is 3. The molecule has 8 heteroatoms. The first-order valence-corrected chi connectivity index (χ1v) is 12.9. The van der Waals surface area contributed by atoms with Crippen molar-refractivity contribution in [2.75, 3.05) is 38.6 Å². The van der Waals surface area contributed by atoms with Gasteiger partial charge in [0.05, 0.1) is 11.3 Å². The van der Waals surface area contributed by atoms with E-state index in [1.807, 2.05) is 45.0 Å². The van der Waals surface area contributed by atoms with E-state index < -0.39 is 17.2 Å². The van der Waals surface area contributed by atoms with Gasteiger partial charge in [-0.1, -0.05) is 25.1 Å². The molecule has 0 bridgehead atoms. The Morgan fingerprint density at radius 3 is 2.62 bits per heavy atom. The van der Waals surface area contributed by atoms with Crippen molar-refractivity contribution in [1.29, 1.82) is 0 Å². The number of Topliss-reactive ketones (excluding diaryl/α,β-unsaturated/α-hetero) is 1. The van der Waals surface area contributed by atoms with Crippen molar-refractivity contribution in [3.8, 4) is 5.75 Å². The molecule has 0 aromatic heterocycles. The van der Waals surface area contributed by atoms with Gasteiger partial charge in [-0.15, -0.1) is 0 Å². The van der Waals surface area contributed by atoms with E-state index in [1.165, 1.54) is 4.90 Å². The molecule has 0 radical (unpaired) electrons. The summed E-state index contributed by atoms with van der Waals surface area (Å²) in [4.78, 5) is 46.6. The first-order valence-electron chi connectivity index (χ1n) is 12.9. The smallest absolute Gasteiger partial charge is 0.296 e. The second-order valence-electron chi connectivity index (χ2n) is 10.3. The van der Waals surface area contributed by atoms with Crippen molar-refractivity contribution in [3.63, 3.8) is 0 Å². The summed E-state index contributed by atoms with van der Waals surface area (Å²) >= 11 is 0. The van der Waals surface area contributed by atoms with Gasteiger partial charge in [-0.05, 0) is 70.2 Å². The van der Waals surface area contributed by atoms with E-state index in [0.717, 1.165) is 11.3 Å². The van der Waals surface area contributed by atoms with Crippen molar-refractivity contribution in [1.82, 2.24) is 9.80 Å². The van der Waals surface area contributed by atoms with Gasteiger partial charge in [0.2, 0.25) is 0 Å². The molecule has 194 valence electrons. The molecule has 3 aliphatic rings. The molecule has 2 aromatic rings. The minimum absolute atomic E-state index is 0.0131. The number of nitrogens with zero attached hydrogens (tertiary/aromatic N) is 3. The van der Waals surface area contributed by atoms with Gasteiger partial charge in [0, 0.05) is 30.6 Å². The van der Waals surface area contributed by atoms with Crippen molar-refractivity contribution >= 4 is 29.0 Å². The Balaban J connectivity index is 1.73. The van der Waals surface area contributed by atoms with Crippen LogP contribution in [0.5, 0.6) is 5.75 Å². The highest BCUT2D eigenvalue weighted by atomic mass is 16.5. The van der Waals surface area contributed by atoms with Crippen LogP contribution in [0.3, 0.4) is 0 Å². The van der Waals surface area contributed by atoms with Crippen LogP contribution in [-0.4, -0.2) is 72.3 Å². The first kappa shape index (κ1) is 25.0. The zero-order valence-corrected chi connectivity index (χ0v) is 21.8. The Bertz CT molecular complexity index is 1320. The van der Waals surface area contributed by atoms with Crippen LogP contribution >= 0.6 is 0 Å². The number of rotatable bonds is 7. The van der Waals surface area contributed by atoms with Gasteiger partial charge in [-0.3, -0.25) is 14.4 Å². The van der Waals surface area contributed by atoms with E-state index in [4.69, 9.17) is 4.74 Å². The largest absolute Gasteiger partial charge is 0.507 e. The van der Waals surface area contributed by atoms with Crippen LogP contribution < -0.4 is 9.64 Å². The quantitative estimate of drug-likeness (QED) is 0.354. The molecule has 3 heterocycles. The number of benzene rings is 2. The lowest BCUT2D eigenvalue weighted by molar-refractivity contribution is -0.143. The van der Waals surface area contributed by atoms with Crippen LogP contribution in [0.25, 0.3) is 5.76 Å². The number of aliphatic hydroxyl groups is 1. The van der Waals surface area contributed by atoms with Gasteiger partial charge in [-0.2, -0.15) is 0 Å². The fourth-order valence-electron chi connectivity index (χ4n) is 5.87. The number of hydrogen-bond acceptors (Lipinski definition) is 6. The zero-order valence-electron chi connectivity index (χ0n) is 21.8. The van der Waals surface area contributed by atoms with E-state index in [9.17, 15) is 19.5 Å². The third kappa shape index (κ3) is 3.73. The molecular formula is C29H33N3O5. The summed E-state index contributed by atoms with van der Waals surface area (Å²) in [6.45, 7) is 5.26. The topological polar surface area (TPSA) is 90.4 Å². The van der Waals surface area contributed by atoms with E-state index >= 15 is 0 Å². The maximum Gasteiger partial charge on any atom is 0.296 e. The van der Waals surface area contributed by atoms with Crippen molar-refractivity contribution in [3.05, 3.63) is 64.7 Å². The Labute approximate surface area is 217 Å². The van der Waals surface area contributed by atoms with Crippen LogP contribution in [-0.2, 0) is 26.3 Å². The zero-order chi connectivity index (χ0) is 26.5. The highest BCUT2D eigenvalue weighted by Gasteiger charge is 2.66. The van der Waals surface area contributed by atoms with Gasteiger partial charge in [0.15, 0.2) is 5.54 Å². The minimum atomic E-state index is -1.71. The summed E-state index contributed by atoms with van der Waals surface area (Å²) in [6, 6.07) is 12.5. The standard InChI is InChI=1S/C29H33N3O5/c1-5-13-31-22-10-7-6-9-21(22)29(28(31)36)24(26(34)27(35)32(29)15-8-14-30(3)4)25(33)19-11-12-23-20(17-19)16-18(2)37-23/h6-7,9-12,17-18,33H,5,8,13-16H2,1-4H3/t18-,29+/m0/s1. The summed E-state index contributed by atoms with van der Waals surface area (Å²) in [5.74, 6) is -1.58. The number of anilines is 1. The maximum absolute atomic E-state index is 14.4. The Morgan fingerprint density at radius 1 is 1.14 bits per heavy atom. The monoisotopic (exact) mass is 503 g/mol. The van der Waals surface area contributed by atoms with E-state index in [1.54, 1.807) is 35.2 Å². The van der Waals surface area contributed by atoms with Crippen molar-refractivity contribution in [2.24, 2.45) is 0 Å². The Hall–Kier alpha value is -3.65. The van der Waals surface area contributed by atoms with Crippen molar-refractivity contribution < 1.29 is 24.2 Å². The van der Waals surface area contributed by atoms with Gasteiger partial charge in [-0.25, -0.2) is 0 Å². The predicted molar refractivity (Wildman–Crippen MR) is 140 cm³/mol. The molecule has 8 nitrogen and oxygen atoms in total. The number of ether oxygens (including phenoxy) is 1. The lowest BCUT2D eigenvalue weighted by Gasteiger charge is -2.34. The molecule has 1 fully saturated rings. The molecule has 1 spiro atoms. The minimum Gasteiger partial charge on any atom is -0.507 e. The van der Waals surface area contributed by atoms with E-state index in [2.05, 4.69) is 0 Å². The lowest BCUT2D eigenvalue weighted by Crippen LogP contribution is -2.52. The second kappa shape index (κ2) is 9.34. The molecule has 3 aliphatic heterocycles. The fourth-order valence-corrected chi connectivity index (χ4v) is 5.87. The van der Waals surface area contributed by atoms with Crippen LogP contribution in [0, 0.1) is 0 Å². The van der Waals surface area contributed by atoms with Gasteiger partial charge in [0.25, 0.3) is 17.6 Å². The molecule has 2 atom stereocenters. The van der Waals surface area contributed by atoms with Crippen LogP contribution in [0.15, 0.2) is 48.0 Å². The number of fused-ring (bicyclic) bond motifs is 3. The number of hydrogen-bond donors (Lipinski definition) is 1. The van der Waals surface area contributed by atoms with Crippen LogP contribution in [0.2, 0.25) is 0 Å². The number of para-hydroxylation sites is 1. The summed E-state index contributed by atoms with van der Waals surface area (Å²) in [6.07, 6.45) is 1.96. The number of carbonyl (C=O) groups excluding carboxylic acids is 3. The molecule has 37 heavy (non-hydrogen) atoms. The molecule has 0 aliphatic carbocycles. The van der Waals surface area contributed by atoms with Gasteiger partial charge >= 0.3 is 0 Å². The molecule has 2 aromatic carbocycles. The van der Waals surface area contributed by atoms with Crippen LogP contribution in [0.4, 0.5) is 5.69 Å². The average molecular weight is 504 g/mol. The van der Waals surface area contributed by atoms with E-state index in [-0.39, 0.29) is 29.9 Å². The van der Waals surface area contributed by atoms with Crippen LogP contribution in [0.1, 0.15) is 43.4 Å². The Morgan fingerprint density at radius 2 is 1.89 bits per heavy atom. The SMILES string of the molecule is CCCN1C(=O)[C@]2(C(=C(O)c3ccc4c(c3)C[C@H](C)O4)C(=O)C(=O)N2CCCN(C)C)c2ccccc21. The number of ketones is 1. The van der Waals surface area contributed by atoms with Gasteiger partial charge < -0.3 is 24.5 Å². The molecule has 5 rings (SSSR count). The fraction of sp³-hybridized carbons (Fsp3) is 0.414. The normalized spacial score (nSPS) is 23.8. The van der Waals surface area contributed by atoms with Gasteiger partial charge in [0.1, 0.15) is 17.6 Å². The molecule has 0 saturated carbocycles. The highest BCUT2D eigenvalue weighted by Crippen LogP contribution is 2.53. The average Bonchev–Trinajstić information content (AvgIpc) is 3.44. The molecule has 2 amide bonds. The third-order valence-electron chi connectivity index (χ3n) is 7.41. The molecular weight excluding hydrogens is 470 g/mol. The second-order valence-corrected chi connectivity index (χ2v) is 10.3. The molecule has 0 unspecified atom stereocenters. The lowest BCUT2D eigenvalue weighted by atomic mass is 9.81. The van der Waals surface area contributed by atoms with E-state index in [0.29, 0.717) is 49.2 Å². The summed E-state index contributed by atoms with van der Waals surface area (Å²) in [5, 5.41) is 11.7. The summed E-state index contributed by atoms with van der Waals surface area (Å²) in [7, 11) is 3.86. The maximum atomic E-state index is 14.4. The predicted octanol–water partition coefficient (Wildman–Crippen LogP) is 3.29.